The molecule has 0 bridgehead atoms. The van der Waals surface area contributed by atoms with Crippen molar-refractivity contribution in [2.24, 2.45) is 11.8 Å². The number of carbonyl (C=O) groups is 2. The molecule has 3 heterocycles. The molecule has 2 aromatic rings. The normalized spacial score (nSPS) is 23.5. The van der Waals surface area contributed by atoms with Crippen LogP contribution in [0.3, 0.4) is 0 Å². The van der Waals surface area contributed by atoms with E-state index in [1.807, 2.05) is 19.1 Å². The number of benzene rings is 2. The molecule has 6 nitrogen and oxygen atoms in total. The molecule has 0 saturated carbocycles. The summed E-state index contributed by atoms with van der Waals surface area (Å²) in [7, 11) is 0. The Kier molecular flexibility index (Phi) is 5.98. The van der Waals surface area contributed by atoms with Gasteiger partial charge in [0.25, 0.3) is 0 Å². The van der Waals surface area contributed by atoms with E-state index in [-0.39, 0.29) is 23.7 Å². The zero-order valence-electron chi connectivity index (χ0n) is 18.7. The Hall–Kier alpha value is -2.70. The molecule has 2 amide bonds. The maximum atomic E-state index is 13.0. The highest BCUT2D eigenvalue weighted by molar-refractivity contribution is 6.05. The Morgan fingerprint density at radius 2 is 1.56 bits per heavy atom. The van der Waals surface area contributed by atoms with Gasteiger partial charge in [-0.1, -0.05) is 36.4 Å². The number of amides is 2. The fourth-order valence-electron chi connectivity index (χ4n) is 5.35. The van der Waals surface area contributed by atoms with Crippen LogP contribution in [0, 0.1) is 11.8 Å². The number of hydrogen-bond acceptors (Lipinski definition) is 5. The monoisotopic (exact) mass is 433 g/mol. The number of imide groups is 1. The molecule has 0 N–H and O–H groups in total. The van der Waals surface area contributed by atoms with Crippen molar-refractivity contribution in [1.82, 2.24) is 14.7 Å². The number of rotatable bonds is 7. The number of ether oxygens (including phenoxy) is 1. The Morgan fingerprint density at radius 1 is 0.875 bits per heavy atom. The maximum Gasteiger partial charge on any atom is 0.234 e. The van der Waals surface area contributed by atoms with Crippen LogP contribution in [0.1, 0.15) is 23.6 Å². The molecular weight excluding hydrogens is 402 g/mol. The minimum atomic E-state index is -0.188. The predicted molar refractivity (Wildman–Crippen MR) is 122 cm³/mol. The Labute approximate surface area is 189 Å². The molecule has 2 fully saturated rings. The molecule has 2 aromatic carbocycles. The van der Waals surface area contributed by atoms with E-state index in [1.54, 1.807) is 0 Å². The van der Waals surface area contributed by atoms with Gasteiger partial charge in [0.2, 0.25) is 11.8 Å². The molecule has 0 aromatic heterocycles. The van der Waals surface area contributed by atoms with Crippen molar-refractivity contribution in [1.29, 1.82) is 0 Å². The van der Waals surface area contributed by atoms with E-state index < -0.39 is 0 Å². The predicted octanol–water partition coefficient (Wildman–Crippen LogP) is 2.56. The minimum Gasteiger partial charge on any atom is -0.494 e. The van der Waals surface area contributed by atoms with Gasteiger partial charge in [0.05, 0.1) is 18.4 Å². The van der Waals surface area contributed by atoms with Gasteiger partial charge in [-0.25, -0.2) is 0 Å². The van der Waals surface area contributed by atoms with Crippen molar-refractivity contribution in [3.8, 4) is 5.75 Å². The molecule has 32 heavy (non-hydrogen) atoms. The van der Waals surface area contributed by atoms with Gasteiger partial charge < -0.3 is 4.74 Å². The van der Waals surface area contributed by atoms with Crippen molar-refractivity contribution >= 4 is 11.8 Å². The van der Waals surface area contributed by atoms with Gasteiger partial charge >= 0.3 is 0 Å². The largest absolute Gasteiger partial charge is 0.494 e. The summed E-state index contributed by atoms with van der Waals surface area (Å²) >= 11 is 0. The minimum absolute atomic E-state index is 0.0200. The van der Waals surface area contributed by atoms with Gasteiger partial charge in [0.15, 0.2) is 0 Å². The van der Waals surface area contributed by atoms with Crippen molar-refractivity contribution in [2.45, 2.75) is 26.4 Å². The second-order valence-electron chi connectivity index (χ2n) is 9.11. The summed E-state index contributed by atoms with van der Waals surface area (Å²) in [5, 5.41) is 0. The first-order valence-electron chi connectivity index (χ1n) is 11.7. The second-order valence-corrected chi connectivity index (χ2v) is 9.11. The highest BCUT2D eigenvalue weighted by atomic mass is 16.5. The molecule has 2 saturated heterocycles. The standard InChI is InChI=1S/C26H31N3O3/c1-2-32-22-9-7-19(8-10-22)15-28-17-23-24(18-28)26(31)29(25(23)30)14-13-27-12-11-20-5-3-4-6-21(20)16-27/h3-10,23-24H,2,11-18H2,1H3/t23-,24+. The average Bonchev–Trinajstić information content (AvgIpc) is 3.32. The molecule has 5 rings (SSSR count). The number of carbonyl (C=O) groups excluding carboxylic acids is 2. The molecule has 6 heteroatoms. The average molecular weight is 434 g/mol. The zero-order chi connectivity index (χ0) is 22.1. The highest BCUT2D eigenvalue weighted by Gasteiger charge is 2.52. The SMILES string of the molecule is CCOc1ccc(CN2C[C@@H]3C(=O)N(CCN4CCc5ccccc5C4)C(=O)[C@@H]3C2)cc1. The quantitative estimate of drug-likeness (QED) is 0.629. The Balaban J connectivity index is 1.14. The second kappa shape index (κ2) is 9.04. The molecule has 0 unspecified atom stereocenters. The van der Waals surface area contributed by atoms with Gasteiger partial charge in [-0.05, 0) is 42.2 Å². The zero-order valence-corrected chi connectivity index (χ0v) is 18.7. The summed E-state index contributed by atoms with van der Waals surface area (Å²) in [4.78, 5) is 32.2. The van der Waals surface area contributed by atoms with E-state index in [0.717, 1.165) is 38.3 Å². The first-order valence-corrected chi connectivity index (χ1v) is 11.7. The summed E-state index contributed by atoms with van der Waals surface area (Å²) in [6.07, 6.45) is 1.03. The lowest BCUT2D eigenvalue weighted by Gasteiger charge is -2.30. The third kappa shape index (κ3) is 4.17. The smallest absolute Gasteiger partial charge is 0.234 e. The number of fused-ring (bicyclic) bond motifs is 2. The van der Waals surface area contributed by atoms with Gasteiger partial charge in [0.1, 0.15) is 5.75 Å². The fraction of sp³-hybridized carbons (Fsp3) is 0.462. The van der Waals surface area contributed by atoms with Crippen LogP contribution in [-0.4, -0.2) is 65.8 Å². The van der Waals surface area contributed by atoms with E-state index in [4.69, 9.17) is 4.74 Å². The van der Waals surface area contributed by atoms with Gasteiger partial charge in [0, 0.05) is 45.8 Å². The topological polar surface area (TPSA) is 53.1 Å². The summed E-state index contributed by atoms with van der Waals surface area (Å²) in [5.74, 6) is 0.533. The van der Waals surface area contributed by atoms with E-state index in [1.165, 1.54) is 21.6 Å². The lowest BCUT2D eigenvalue weighted by molar-refractivity contribution is -0.140. The Bertz CT molecular complexity index is 966. The van der Waals surface area contributed by atoms with Crippen LogP contribution < -0.4 is 4.74 Å². The van der Waals surface area contributed by atoms with Crippen LogP contribution in [0.2, 0.25) is 0 Å². The number of nitrogens with zero attached hydrogens (tertiary/aromatic N) is 3. The van der Waals surface area contributed by atoms with E-state index in [0.29, 0.717) is 26.2 Å². The molecular formula is C26H31N3O3. The van der Waals surface area contributed by atoms with Crippen molar-refractivity contribution in [2.75, 3.05) is 39.3 Å². The van der Waals surface area contributed by atoms with Gasteiger partial charge in [-0.15, -0.1) is 0 Å². The third-order valence-electron chi connectivity index (χ3n) is 7.05. The summed E-state index contributed by atoms with van der Waals surface area (Å²) in [6, 6.07) is 16.6. The van der Waals surface area contributed by atoms with Crippen molar-refractivity contribution < 1.29 is 14.3 Å². The highest BCUT2D eigenvalue weighted by Crippen LogP contribution is 2.34. The third-order valence-corrected chi connectivity index (χ3v) is 7.05. The van der Waals surface area contributed by atoms with Gasteiger partial charge in [-0.2, -0.15) is 0 Å². The van der Waals surface area contributed by atoms with Crippen molar-refractivity contribution in [3.05, 3.63) is 65.2 Å². The molecule has 2 atom stereocenters. The van der Waals surface area contributed by atoms with E-state index in [2.05, 4.69) is 46.2 Å². The maximum absolute atomic E-state index is 13.0. The van der Waals surface area contributed by atoms with E-state index in [9.17, 15) is 9.59 Å². The molecule has 3 aliphatic rings. The van der Waals surface area contributed by atoms with Crippen LogP contribution in [0.4, 0.5) is 0 Å². The molecule has 0 spiro atoms. The molecule has 0 aliphatic carbocycles. The van der Waals surface area contributed by atoms with Crippen LogP contribution in [-0.2, 0) is 29.1 Å². The van der Waals surface area contributed by atoms with Crippen LogP contribution >= 0.6 is 0 Å². The fourth-order valence-corrected chi connectivity index (χ4v) is 5.35. The summed E-state index contributed by atoms with van der Waals surface area (Å²) < 4.78 is 5.50. The van der Waals surface area contributed by atoms with E-state index >= 15 is 0 Å². The molecule has 3 aliphatic heterocycles. The number of likely N-dealkylation sites (tertiary alicyclic amines) is 2. The lowest BCUT2D eigenvalue weighted by Crippen LogP contribution is -2.42. The summed E-state index contributed by atoms with van der Waals surface area (Å²) in [5.41, 5.74) is 3.95. The number of hydrogen-bond donors (Lipinski definition) is 0. The van der Waals surface area contributed by atoms with Crippen LogP contribution in [0.15, 0.2) is 48.5 Å². The van der Waals surface area contributed by atoms with Crippen LogP contribution in [0.5, 0.6) is 5.75 Å². The first-order chi connectivity index (χ1) is 15.6. The molecule has 0 radical (unpaired) electrons. The van der Waals surface area contributed by atoms with Gasteiger partial charge in [-0.3, -0.25) is 24.3 Å². The molecule has 168 valence electrons. The van der Waals surface area contributed by atoms with Crippen LogP contribution in [0.25, 0.3) is 0 Å². The summed E-state index contributed by atoms with van der Waals surface area (Å²) in [6.45, 7) is 7.84. The first kappa shape index (κ1) is 21.2. The Morgan fingerprint density at radius 3 is 2.25 bits per heavy atom. The lowest BCUT2D eigenvalue weighted by atomic mass is 10.00. The van der Waals surface area contributed by atoms with Crippen molar-refractivity contribution in [3.63, 3.8) is 0 Å².